The van der Waals surface area contributed by atoms with Crippen LogP contribution in [0.2, 0.25) is 0 Å². The summed E-state index contributed by atoms with van der Waals surface area (Å²) in [5.41, 5.74) is -0.609. The van der Waals surface area contributed by atoms with Crippen LogP contribution in [-0.2, 0) is 9.53 Å². The molecule has 0 heterocycles. The zero-order valence-corrected chi connectivity index (χ0v) is 14.6. The van der Waals surface area contributed by atoms with E-state index in [9.17, 15) is 4.79 Å². The first kappa shape index (κ1) is 18.4. The molecule has 1 aliphatic rings. The summed E-state index contributed by atoms with van der Waals surface area (Å²) in [6, 6.07) is 0.625. The van der Waals surface area contributed by atoms with Crippen LogP contribution in [0.1, 0.15) is 59.8 Å². The lowest BCUT2D eigenvalue weighted by molar-refractivity contribution is -0.149. The van der Waals surface area contributed by atoms with Crippen LogP contribution in [-0.4, -0.2) is 49.2 Å². The van der Waals surface area contributed by atoms with Crippen LogP contribution in [0.4, 0.5) is 0 Å². The topological polar surface area (TPSA) is 41.6 Å². The number of ether oxygens (including phenoxy) is 1. The van der Waals surface area contributed by atoms with Gasteiger partial charge in [0.2, 0.25) is 0 Å². The molecule has 1 atom stereocenters. The molecular weight excluding hydrogens is 264 g/mol. The fourth-order valence-corrected chi connectivity index (χ4v) is 3.31. The monoisotopic (exact) mass is 298 g/mol. The van der Waals surface area contributed by atoms with Crippen molar-refractivity contribution in [2.45, 2.75) is 71.4 Å². The standard InChI is InChI=1S/C17H34N2O2/c1-6-11-18-17(4,16(20)21-5)13-19(12-14(2)3)15-9-7-8-10-15/h14-15,18H,6-13H2,1-5H3. The van der Waals surface area contributed by atoms with Gasteiger partial charge in [-0.3, -0.25) is 9.69 Å². The van der Waals surface area contributed by atoms with Crippen LogP contribution in [0.3, 0.4) is 0 Å². The number of esters is 1. The summed E-state index contributed by atoms with van der Waals surface area (Å²) in [5, 5.41) is 3.41. The quantitative estimate of drug-likeness (QED) is 0.665. The van der Waals surface area contributed by atoms with Crippen LogP contribution >= 0.6 is 0 Å². The van der Waals surface area contributed by atoms with Crippen molar-refractivity contribution in [1.29, 1.82) is 0 Å². The van der Waals surface area contributed by atoms with Crippen molar-refractivity contribution in [2.24, 2.45) is 5.92 Å². The number of carbonyl (C=O) groups is 1. The fraction of sp³-hybridized carbons (Fsp3) is 0.941. The van der Waals surface area contributed by atoms with E-state index in [0.717, 1.165) is 26.1 Å². The van der Waals surface area contributed by atoms with E-state index in [-0.39, 0.29) is 5.97 Å². The molecule has 0 amide bonds. The fourth-order valence-electron chi connectivity index (χ4n) is 3.31. The average molecular weight is 298 g/mol. The second kappa shape index (κ2) is 8.74. The van der Waals surface area contributed by atoms with Gasteiger partial charge in [-0.25, -0.2) is 0 Å². The molecule has 1 saturated carbocycles. The van der Waals surface area contributed by atoms with Crippen molar-refractivity contribution in [2.75, 3.05) is 26.7 Å². The van der Waals surface area contributed by atoms with Crippen LogP contribution in [0.25, 0.3) is 0 Å². The first-order chi connectivity index (χ1) is 9.92. The maximum Gasteiger partial charge on any atom is 0.327 e. The van der Waals surface area contributed by atoms with Crippen molar-refractivity contribution in [1.82, 2.24) is 10.2 Å². The van der Waals surface area contributed by atoms with Crippen molar-refractivity contribution < 1.29 is 9.53 Å². The molecule has 0 radical (unpaired) electrons. The largest absolute Gasteiger partial charge is 0.468 e. The summed E-state index contributed by atoms with van der Waals surface area (Å²) in [7, 11) is 1.48. The van der Waals surface area contributed by atoms with Gasteiger partial charge in [-0.15, -0.1) is 0 Å². The maximum absolute atomic E-state index is 12.3. The molecule has 4 heteroatoms. The van der Waals surface area contributed by atoms with Gasteiger partial charge in [0.1, 0.15) is 5.54 Å². The van der Waals surface area contributed by atoms with Gasteiger partial charge in [0.25, 0.3) is 0 Å². The van der Waals surface area contributed by atoms with Gasteiger partial charge in [0.15, 0.2) is 0 Å². The zero-order chi connectivity index (χ0) is 15.9. The summed E-state index contributed by atoms with van der Waals surface area (Å²) in [6.07, 6.45) is 6.17. The third kappa shape index (κ3) is 5.59. The van der Waals surface area contributed by atoms with Gasteiger partial charge in [-0.2, -0.15) is 0 Å². The molecule has 124 valence electrons. The van der Waals surface area contributed by atoms with Gasteiger partial charge in [0, 0.05) is 19.1 Å². The van der Waals surface area contributed by atoms with Crippen LogP contribution in [0, 0.1) is 5.92 Å². The smallest absolute Gasteiger partial charge is 0.327 e. The molecule has 0 aromatic rings. The van der Waals surface area contributed by atoms with E-state index < -0.39 is 5.54 Å². The zero-order valence-electron chi connectivity index (χ0n) is 14.6. The minimum absolute atomic E-state index is 0.150. The van der Waals surface area contributed by atoms with E-state index in [1.807, 2.05) is 6.92 Å². The Kier molecular flexibility index (Phi) is 7.67. The highest BCUT2D eigenvalue weighted by molar-refractivity contribution is 5.80. The second-order valence-electron chi connectivity index (χ2n) is 7.01. The predicted octanol–water partition coefficient (Wildman–Crippen LogP) is 2.82. The Hall–Kier alpha value is -0.610. The van der Waals surface area contributed by atoms with E-state index in [1.165, 1.54) is 32.8 Å². The number of hydrogen-bond acceptors (Lipinski definition) is 4. The van der Waals surface area contributed by atoms with Crippen LogP contribution in [0.5, 0.6) is 0 Å². The van der Waals surface area contributed by atoms with E-state index in [4.69, 9.17) is 4.74 Å². The predicted molar refractivity (Wildman–Crippen MR) is 87.4 cm³/mol. The highest BCUT2D eigenvalue weighted by Gasteiger charge is 2.38. The molecule has 1 N–H and O–H groups in total. The molecule has 1 unspecified atom stereocenters. The number of rotatable bonds is 9. The highest BCUT2D eigenvalue weighted by Crippen LogP contribution is 2.26. The summed E-state index contributed by atoms with van der Waals surface area (Å²) in [5.74, 6) is 0.460. The van der Waals surface area contributed by atoms with Gasteiger partial charge in [0.05, 0.1) is 7.11 Å². The highest BCUT2D eigenvalue weighted by atomic mass is 16.5. The lowest BCUT2D eigenvalue weighted by atomic mass is 9.98. The summed E-state index contributed by atoms with van der Waals surface area (Å²) >= 11 is 0. The maximum atomic E-state index is 12.3. The first-order valence-corrected chi connectivity index (χ1v) is 8.50. The Morgan fingerprint density at radius 1 is 1.38 bits per heavy atom. The van der Waals surface area contributed by atoms with Gasteiger partial charge >= 0.3 is 5.97 Å². The van der Waals surface area contributed by atoms with E-state index in [0.29, 0.717) is 12.0 Å². The SMILES string of the molecule is CCCNC(C)(CN(CC(C)C)C1CCCC1)C(=O)OC. The molecule has 1 aliphatic carbocycles. The number of methoxy groups -OCH3 is 1. The molecule has 1 rings (SSSR count). The number of hydrogen-bond donors (Lipinski definition) is 1. The van der Waals surface area contributed by atoms with Gasteiger partial charge in [-0.1, -0.05) is 33.6 Å². The Labute approximate surface area is 130 Å². The minimum atomic E-state index is -0.609. The Morgan fingerprint density at radius 2 is 2.00 bits per heavy atom. The third-order valence-electron chi connectivity index (χ3n) is 4.36. The summed E-state index contributed by atoms with van der Waals surface area (Å²) < 4.78 is 5.05. The van der Waals surface area contributed by atoms with Gasteiger partial charge < -0.3 is 10.1 Å². The van der Waals surface area contributed by atoms with E-state index >= 15 is 0 Å². The molecule has 0 aromatic heterocycles. The molecule has 0 aliphatic heterocycles. The second-order valence-corrected chi connectivity index (χ2v) is 7.01. The molecule has 1 fully saturated rings. The molecule has 4 nitrogen and oxygen atoms in total. The van der Waals surface area contributed by atoms with Crippen molar-refractivity contribution >= 4 is 5.97 Å². The Balaban J connectivity index is 2.80. The summed E-state index contributed by atoms with van der Waals surface area (Å²) in [4.78, 5) is 14.8. The van der Waals surface area contributed by atoms with E-state index in [1.54, 1.807) is 0 Å². The lowest BCUT2D eigenvalue weighted by Crippen LogP contribution is -2.59. The first-order valence-electron chi connectivity index (χ1n) is 8.50. The Bertz CT molecular complexity index is 314. The van der Waals surface area contributed by atoms with Crippen LogP contribution in [0.15, 0.2) is 0 Å². The lowest BCUT2D eigenvalue weighted by Gasteiger charge is -2.38. The van der Waals surface area contributed by atoms with E-state index in [2.05, 4.69) is 31.0 Å². The third-order valence-corrected chi connectivity index (χ3v) is 4.36. The summed E-state index contributed by atoms with van der Waals surface area (Å²) in [6.45, 7) is 11.2. The average Bonchev–Trinajstić information content (AvgIpc) is 2.97. The van der Waals surface area contributed by atoms with Crippen LogP contribution < -0.4 is 5.32 Å². The Morgan fingerprint density at radius 3 is 2.48 bits per heavy atom. The van der Waals surface area contributed by atoms with Crippen molar-refractivity contribution in [3.8, 4) is 0 Å². The molecule has 0 aromatic carbocycles. The molecular formula is C17H34N2O2. The number of nitrogens with one attached hydrogen (secondary N) is 1. The minimum Gasteiger partial charge on any atom is -0.468 e. The van der Waals surface area contributed by atoms with Crippen molar-refractivity contribution in [3.63, 3.8) is 0 Å². The van der Waals surface area contributed by atoms with Gasteiger partial charge in [-0.05, 0) is 38.6 Å². The molecule has 0 spiro atoms. The molecule has 21 heavy (non-hydrogen) atoms. The molecule has 0 saturated heterocycles. The normalized spacial score (nSPS) is 19.2. The number of carbonyl (C=O) groups excluding carboxylic acids is 1. The number of nitrogens with zero attached hydrogens (tertiary/aromatic N) is 1. The molecule has 0 bridgehead atoms. The van der Waals surface area contributed by atoms with Crippen molar-refractivity contribution in [3.05, 3.63) is 0 Å².